The quantitative estimate of drug-likeness (QED) is 0.0249. The zero-order chi connectivity index (χ0) is 69.9. The van der Waals surface area contributed by atoms with E-state index in [1.165, 1.54) is 46.9 Å². The molecule has 19 atom stereocenters. The second kappa shape index (κ2) is 28.0. The van der Waals surface area contributed by atoms with E-state index in [4.69, 9.17) is 82.8 Å². The topological polar surface area (TPSA) is 646 Å². The lowest BCUT2D eigenvalue weighted by atomic mass is 10.2. The lowest BCUT2D eigenvalue weighted by Crippen LogP contribution is -2.33. The highest BCUT2D eigenvalue weighted by Crippen LogP contribution is 2.55. The van der Waals surface area contributed by atoms with E-state index in [0.717, 1.165) is 32.6 Å². The molecule has 16 N–H and O–H groups in total. The van der Waals surface area contributed by atoms with Crippen LogP contribution in [0.25, 0.3) is 22.3 Å². The minimum absolute atomic E-state index is 0.00251. The van der Waals surface area contributed by atoms with Gasteiger partial charge in [-0.2, -0.15) is 15.0 Å². The Bertz CT molecular complexity index is 4650. The van der Waals surface area contributed by atoms with Crippen LogP contribution in [0.2, 0.25) is 0 Å². The van der Waals surface area contributed by atoms with Gasteiger partial charge in [-0.05, 0) is 19.1 Å². The first-order chi connectivity index (χ1) is 46.4. The fourth-order valence-electron chi connectivity index (χ4n) is 11.4. The minimum Gasteiger partial charge on any atom is -0.394 e. The summed E-state index contributed by atoms with van der Waals surface area (Å²) in [5, 5.41) is 20.9. The van der Waals surface area contributed by atoms with Crippen molar-refractivity contribution in [3.05, 3.63) is 107 Å². The molecule has 12 rings (SSSR count). The molecule has 0 radical (unpaired) electrons. The number of nitrogens with two attached hydrogens (primary N) is 4. The van der Waals surface area contributed by atoms with Gasteiger partial charge in [0.1, 0.15) is 110 Å². The van der Waals surface area contributed by atoms with E-state index in [9.17, 15) is 72.0 Å². The predicted molar refractivity (Wildman–Crippen MR) is 323 cm³/mol. The third-order valence-electron chi connectivity index (χ3n) is 16.0. The molecule has 532 valence electrons. The fraction of sp³-hybridized carbons (Fsp3) is 0.542. The van der Waals surface area contributed by atoms with Crippen molar-refractivity contribution in [2.45, 2.75) is 131 Å². The Kier molecular flexibility index (Phi) is 20.2. The van der Waals surface area contributed by atoms with Gasteiger partial charge in [-0.25, -0.2) is 52.6 Å². The number of aromatic amines is 2. The SMILES string of the molecule is Cc1cn([C@H]2C[C@H](OP(=O)(O)OC[C@H]3O[C@@H](n4cnc5c(N)ncnc54)C[C@@H]3OP(=O)(O)OC[C@H]3O[C@@H](n4ccc(N)nc4=O)C[C@@H]3O)[C@@H](COP(=O)(O)O[C@H]3C[C@H](n4cnc5c(=O)[nH]c(N)nc54)O[C@@H]3COP(=O)(O)O[C@H]3C[C@H](n4ccc(N)nc4=O)O[C@@H]3CO)O2)c(=O)[nH]c1=O. The summed E-state index contributed by atoms with van der Waals surface area (Å²) < 4.78 is 135. The molecule has 0 amide bonds. The van der Waals surface area contributed by atoms with Crippen molar-refractivity contribution < 1.29 is 108 Å². The highest BCUT2D eigenvalue weighted by Gasteiger charge is 2.50. The van der Waals surface area contributed by atoms with Gasteiger partial charge in [0.05, 0.1) is 51.8 Å². The number of aryl methyl sites for hydroxylation is 1. The van der Waals surface area contributed by atoms with Crippen LogP contribution in [0.1, 0.15) is 68.8 Å². The van der Waals surface area contributed by atoms with Gasteiger partial charge in [0.25, 0.3) is 11.1 Å². The van der Waals surface area contributed by atoms with Crippen LogP contribution in [-0.2, 0) is 78.1 Å². The number of aliphatic hydroxyl groups is 2. The van der Waals surface area contributed by atoms with E-state index in [0.29, 0.717) is 0 Å². The van der Waals surface area contributed by atoms with Gasteiger partial charge >= 0.3 is 48.4 Å². The molecule has 0 spiro atoms. The van der Waals surface area contributed by atoms with Crippen LogP contribution in [0.4, 0.5) is 23.4 Å². The third kappa shape index (κ3) is 15.7. The second-order valence-electron chi connectivity index (χ2n) is 22.6. The van der Waals surface area contributed by atoms with Gasteiger partial charge in [-0.3, -0.25) is 78.6 Å². The zero-order valence-corrected chi connectivity index (χ0v) is 54.1. The number of nitrogen functional groups attached to an aromatic ring is 4. The number of hydrogen-bond acceptors (Lipinski definition) is 35. The van der Waals surface area contributed by atoms with Gasteiger partial charge in [-0.1, -0.05) is 0 Å². The number of rotatable bonds is 26. The molecular formula is C48H62N18O28P4. The van der Waals surface area contributed by atoms with Crippen LogP contribution in [0.15, 0.2) is 73.7 Å². The van der Waals surface area contributed by atoms with E-state index < -0.39 is 198 Å². The van der Waals surface area contributed by atoms with Crippen molar-refractivity contribution in [2.24, 2.45) is 0 Å². The fourth-order valence-corrected chi connectivity index (χ4v) is 15.2. The molecule has 5 aliphatic rings. The number of hydrogen-bond donors (Lipinski definition) is 12. The van der Waals surface area contributed by atoms with Gasteiger partial charge in [0.2, 0.25) is 5.95 Å². The molecule has 46 nitrogen and oxygen atoms in total. The second-order valence-corrected chi connectivity index (χ2v) is 28.3. The Balaban J connectivity index is 0.744. The maximum absolute atomic E-state index is 14.2. The number of aromatic nitrogens is 14. The van der Waals surface area contributed by atoms with Crippen LogP contribution >= 0.6 is 31.3 Å². The first kappa shape index (κ1) is 70.6. The van der Waals surface area contributed by atoms with E-state index >= 15 is 0 Å². The molecule has 50 heteroatoms. The number of imidazole rings is 2. The van der Waals surface area contributed by atoms with Crippen molar-refractivity contribution in [3.8, 4) is 0 Å². The van der Waals surface area contributed by atoms with Crippen molar-refractivity contribution >= 4 is 77.0 Å². The average molecular weight is 1460 g/mol. The summed E-state index contributed by atoms with van der Waals surface area (Å²) in [5.41, 5.74) is 18.7. The van der Waals surface area contributed by atoms with Gasteiger partial charge in [0, 0.05) is 56.3 Å². The maximum Gasteiger partial charge on any atom is 0.472 e. The smallest absolute Gasteiger partial charge is 0.394 e. The maximum atomic E-state index is 14.2. The lowest BCUT2D eigenvalue weighted by Gasteiger charge is -2.25. The van der Waals surface area contributed by atoms with Crippen molar-refractivity contribution in [3.63, 3.8) is 0 Å². The molecule has 4 unspecified atom stereocenters. The van der Waals surface area contributed by atoms with Crippen molar-refractivity contribution in [1.29, 1.82) is 0 Å². The van der Waals surface area contributed by atoms with Crippen molar-refractivity contribution in [1.82, 2.24) is 67.7 Å². The van der Waals surface area contributed by atoms with Crippen LogP contribution in [-0.4, -0.2) is 192 Å². The Morgan fingerprint density at radius 3 is 1.43 bits per heavy atom. The number of H-pyrrole nitrogens is 2. The standard InChI is InChI=1S/C48H62N18O28P4/c1-20-11-64(48(73)61-43(20)69)35-8-23(92-97(78,79)85-15-29-24(9-36(89-29)65-18-55-38-40(51)53-17-54-41(38)65)93-95(74,75)82-13-27-21(68)6-33(87-27)62-4-2-31(49)57-46(62)71)28(88-35)14-84-98(80,81)94-25-10-37(66-19-56-39-42(66)59-45(52)60-44(39)70)90-30(25)16-83-96(76,77)91-22-7-34(86-26(22)12-67)63-5-3-32(50)58-47(63)72/h2-5,11,17-19,21-30,33-37,67-68H,6-10,12-16H2,1H3,(H,74,75)(H,76,77)(H,78,79)(H,80,81)(H2,49,57,71)(H2,50,58,72)(H2,51,53,54)(H,61,69,73)(H3,52,59,60,70)/t21-,22-,23-,24-,25-,26+,27+,28+,29+,30+,33+,34+,35+,36+,37+/m0/s1. The summed E-state index contributed by atoms with van der Waals surface area (Å²) >= 11 is 0. The van der Waals surface area contributed by atoms with Gasteiger partial charge < -0.3 is 76.4 Å². The number of nitrogens with one attached hydrogen (secondary N) is 2. The molecule has 0 aromatic carbocycles. The van der Waals surface area contributed by atoms with Crippen molar-refractivity contribution in [2.75, 3.05) is 56.0 Å². The molecule has 7 aromatic rings. The molecule has 0 saturated carbocycles. The number of fused-ring (bicyclic) bond motifs is 2. The summed E-state index contributed by atoms with van der Waals surface area (Å²) in [7, 11) is -21.5. The highest BCUT2D eigenvalue weighted by molar-refractivity contribution is 7.48. The average Bonchev–Trinajstić information content (AvgIpc) is 1.65. The molecule has 5 fully saturated rings. The lowest BCUT2D eigenvalue weighted by molar-refractivity contribution is -0.0642. The van der Waals surface area contributed by atoms with Gasteiger partial charge in [-0.15, -0.1) is 0 Å². The Hall–Kier alpha value is -7.30. The molecular weight excluding hydrogens is 1400 g/mol. The number of phosphoric acid groups is 4. The summed E-state index contributed by atoms with van der Waals surface area (Å²) in [6.45, 7) is -3.24. The summed E-state index contributed by atoms with van der Waals surface area (Å²) in [5.74, 6) is -0.551. The number of ether oxygens (including phenoxy) is 5. The van der Waals surface area contributed by atoms with E-state index in [1.807, 2.05) is 0 Å². The predicted octanol–water partition coefficient (Wildman–Crippen LogP) is -2.54. The zero-order valence-electron chi connectivity index (χ0n) is 50.5. The molecule has 12 heterocycles. The Labute approximate surface area is 545 Å². The van der Waals surface area contributed by atoms with E-state index in [2.05, 4.69) is 44.9 Å². The van der Waals surface area contributed by atoms with Crippen LogP contribution in [0, 0.1) is 6.92 Å². The monoisotopic (exact) mass is 1460 g/mol. The number of phosphoric ester groups is 4. The normalized spacial score (nSPS) is 29.8. The van der Waals surface area contributed by atoms with Gasteiger partial charge in [0.15, 0.2) is 22.6 Å². The molecule has 5 saturated heterocycles. The van der Waals surface area contributed by atoms with Crippen LogP contribution in [0.3, 0.4) is 0 Å². The molecule has 7 aromatic heterocycles. The summed E-state index contributed by atoms with van der Waals surface area (Å²) in [4.78, 5) is 141. The largest absolute Gasteiger partial charge is 0.472 e. The molecule has 5 aliphatic heterocycles. The summed E-state index contributed by atoms with van der Waals surface area (Å²) in [6, 6.07) is 2.60. The molecule has 98 heavy (non-hydrogen) atoms. The Morgan fingerprint density at radius 2 is 0.939 bits per heavy atom. The third-order valence-corrected chi connectivity index (χ3v) is 20.1. The highest BCUT2D eigenvalue weighted by atomic mass is 31.2. The number of aliphatic hydroxyl groups excluding tert-OH is 2. The number of nitrogens with zero attached hydrogens (tertiary/aromatic N) is 12. The summed E-state index contributed by atoms with van der Waals surface area (Å²) in [6.07, 6.45) is -16.2. The first-order valence-corrected chi connectivity index (χ1v) is 35.2. The number of anilines is 4. The molecule has 0 aliphatic carbocycles. The minimum atomic E-state index is -5.52. The van der Waals surface area contributed by atoms with Crippen LogP contribution < -0.4 is 51.1 Å². The molecule has 0 bridgehead atoms. The van der Waals surface area contributed by atoms with E-state index in [-0.39, 0.29) is 70.6 Å². The van der Waals surface area contributed by atoms with Crippen LogP contribution in [0.5, 0.6) is 0 Å². The first-order valence-electron chi connectivity index (χ1n) is 29.2. The van der Waals surface area contributed by atoms with E-state index in [1.54, 1.807) is 0 Å². The Morgan fingerprint density at radius 1 is 0.520 bits per heavy atom.